The smallest absolute Gasteiger partial charge is 0.411 e. The first kappa shape index (κ1) is 29.2. The molecule has 0 aliphatic rings. The van der Waals surface area contributed by atoms with Crippen molar-refractivity contribution in [3.63, 3.8) is 0 Å². The summed E-state index contributed by atoms with van der Waals surface area (Å²) in [6, 6.07) is 16.6. The summed E-state index contributed by atoms with van der Waals surface area (Å²) < 4.78 is 43.4. The van der Waals surface area contributed by atoms with Gasteiger partial charge in [-0.15, -0.1) is 5.10 Å². The molecule has 0 saturated heterocycles. The van der Waals surface area contributed by atoms with E-state index in [4.69, 9.17) is 4.74 Å². The number of hydrogen-bond donors (Lipinski definition) is 1. The van der Waals surface area contributed by atoms with Crippen molar-refractivity contribution in [1.29, 1.82) is 0 Å². The van der Waals surface area contributed by atoms with E-state index in [1.807, 2.05) is 4.90 Å². The molecule has 0 unspecified atom stereocenters. The molecule has 0 saturated carbocycles. The number of halogens is 2. The Kier molecular flexibility index (Phi) is 8.08. The first-order chi connectivity index (χ1) is 20.6. The lowest BCUT2D eigenvalue weighted by molar-refractivity contribution is 0.187. The summed E-state index contributed by atoms with van der Waals surface area (Å²) in [5.74, 6) is -1.62. The molecule has 2 heterocycles. The predicted molar refractivity (Wildman–Crippen MR) is 156 cm³/mol. The molecule has 5 rings (SSSR count). The van der Waals surface area contributed by atoms with E-state index >= 15 is 4.39 Å². The van der Waals surface area contributed by atoms with Gasteiger partial charge < -0.3 is 14.4 Å². The standard InChI is InChI=1S/C30H28F2N6O5/c1-35(2)17-23-25-27(34-38(23)20-14-12-19(13-15-20)33-29(40)43-4)36(16-18-8-5-6-9-21(18)31)30(41)37(28(25)39)22-10-7-11-24(42-3)26(22)32/h5-15H,16-17H2,1-4H3,(H,33,40). The van der Waals surface area contributed by atoms with Gasteiger partial charge in [-0.25, -0.2) is 27.6 Å². The number of nitrogens with one attached hydrogen (secondary N) is 1. The lowest BCUT2D eigenvalue weighted by Crippen LogP contribution is -2.40. The summed E-state index contributed by atoms with van der Waals surface area (Å²) >= 11 is 0. The van der Waals surface area contributed by atoms with Crippen LogP contribution in [-0.2, 0) is 17.8 Å². The number of benzene rings is 3. The molecule has 0 atom stereocenters. The maximum absolute atomic E-state index is 15.5. The summed E-state index contributed by atoms with van der Waals surface area (Å²) in [6.07, 6.45) is -0.645. The summed E-state index contributed by atoms with van der Waals surface area (Å²) in [5, 5.41) is 7.28. The second kappa shape index (κ2) is 11.9. The maximum Gasteiger partial charge on any atom is 0.411 e. The van der Waals surface area contributed by atoms with Gasteiger partial charge in [-0.2, -0.15) is 0 Å². The van der Waals surface area contributed by atoms with Crippen LogP contribution < -0.4 is 21.3 Å². The molecular formula is C30H28F2N6O5. The van der Waals surface area contributed by atoms with Crippen LogP contribution in [0.25, 0.3) is 22.4 Å². The van der Waals surface area contributed by atoms with Gasteiger partial charge >= 0.3 is 11.8 Å². The van der Waals surface area contributed by atoms with Crippen molar-refractivity contribution in [2.45, 2.75) is 13.1 Å². The van der Waals surface area contributed by atoms with Crippen LogP contribution in [0.4, 0.5) is 19.3 Å². The highest BCUT2D eigenvalue weighted by Crippen LogP contribution is 2.25. The number of ether oxygens (including phenoxy) is 2. The highest BCUT2D eigenvalue weighted by atomic mass is 19.1. The number of nitrogens with zero attached hydrogens (tertiary/aromatic N) is 5. The van der Waals surface area contributed by atoms with E-state index < -0.39 is 29.0 Å². The number of carbonyl (C=O) groups is 1. The SMILES string of the molecule is COC(=O)Nc1ccc(-n2nc3c(c2CN(C)C)c(=O)n(-c2cccc(OC)c2F)c(=O)n3Cc2ccccc2F)cc1. The summed E-state index contributed by atoms with van der Waals surface area (Å²) in [4.78, 5) is 41.6. The lowest BCUT2D eigenvalue weighted by atomic mass is 10.2. The third kappa shape index (κ3) is 5.49. The predicted octanol–water partition coefficient (Wildman–Crippen LogP) is 3.91. The van der Waals surface area contributed by atoms with Gasteiger partial charge in [0.15, 0.2) is 17.2 Å². The Balaban J connectivity index is 1.84. The van der Waals surface area contributed by atoms with Crippen LogP contribution in [0.2, 0.25) is 0 Å². The zero-order chi connectivity index (χ0) is 30.8. The third-order valence-corrected chi connectivity index (χ3v) is 6.76. The minimum atomic E-state index is -0.911. The van der Waals surface area contributed by atoms with E-state index in [9.17, 15) is 18.8 Å². The minimum Gasteiger partial charge on any atom is -0.494 e. The van der Waals surface area contributed by atoms with E-state index in [-0.39, 0.29) is 41.1 Å². The fourth-order valence-corrected chi connectivity index (χ4v) is 4.75. The molecule has 3 aromatic carbocycles. The minimum absolute atomic E-state index is 0.00794. The van der Waals surface area contributed by atoms with Gasteiger partial charge in [-0.05, 0) is 56.6 Å². The van der Waals surface area contributed by atoms with Crippen molar-refractivity contribution < 1.29 is 23.0 Å². The number of hydrogen-bond acceptors (Lipinski definition) is 7. The van der Waals surface area contributed by atoms with E-state index in [1.165, 1.54) is 55.3 Å². The van der Waals surface area contributed by atoms with Crippen LogP contribution in [0, 0.1) is 11.6 Å². The van der Waals surface area contributed by atoms with Crippen LogP contribution in [0.1, 0.15) is 11.3 Å². The maximum atomic E-state index is 15.5. The van der Waals surface area contributed by atoms with Crippen LogP contribution in [-0.4, -0.2) is 58.2 Å². The zero-order valence-electron chi connectivity index (χ0n) is 23.8. The Labute approximate surface area is 244 Å². The highest BCUT2D eigenvalue weighted by molar-refractivity contribution is 5.84. The molecular weight excluding hydrogens is 562 g/mol. The van der Waals surface area contributed by atoms with Crippen molar-refractivity contribution in [1.82, 2.24) is 23.8 Å². The summed E-state index contributed by atoms with van der Waals surface area (Å²) in [5.41, 5.74) is -0.509. The van der Waals surface area contributed by atoms with Crippen molar-refractivity contribution in [2.24, 2.45) is 0 Å². The van der Waals surface area contributed by atoms with Crippen LogP contribution in [0.5, 0.6) is 5.75 Å². The topological polar surface area (TPSA) is 113 Å². The number of fused-ring (bicyclic) bond motifs is 1. The Bertz CT molecular complexity index is 1950. The molecule has 0 fully saturated rings. The molecule has 1 N–H and O–H groups in total. The molecule has 0 spiro atoms. The quantitative estimate of drug-likeness (QED) is 0.292. The molecule has 0 bridgehead atoms. The fraction of sp³-hybridized carbons (Fsp3) is 0.200. The van der Waals surface area contributed by atoms with Crippen LogP contribution >= 0.6 is 0 Å². The molecule has 11 nitrogen and oxygen atoms in total. The molecule has 13 heteroatoms. The van der Waals surface area contributed by atoms with E-state index in [0.717, 1.165) is 9.13 Å². The normalized spacial score (nSPS) is 11.2. The lowest BCUT2D eigenvalue weighted by Gasteiger charge is -2.15. The molecule has 222 valence electrons. The number of methoxy groups -OCH3 is 2. The molecule has 2 aromatic heterocycles. The second-order valence-electron chi connectivity index (χ2n) is 9.85. The number of amides is 1. The largest absolute Gasteiger partial charge is 0.494 e. The Hall–Kier alpha value is -5.30. The first-order valence-electron chi connectivity index (χ1n) is 13.1. The van der Waals surface area contributed by atoms with Crippen molar-refractivity contribution in [3.8, 4) is 17.1 Å². The van der Waals surface area contributed by atoms with Gasteiger partial charge in [0.1, 0.15) is 11.2 Å². The van der Waals surface area contributed by atoms with Gasteiger partial charge in [0.25, 0.3) is 5.56 Å². The van der Waals surface area contributed by atoms with Crippen LogP contribution in [0.3, 0.4) is 0 Å². The van der Waals surface area contributed by atoms with Crippen LogP contribution in [0.15, 0.2) is 76.3 Å². The average Bonchev–Trinajstić information content (AvgIpc) is 3.35. The number of aromatic nitrogens is 4. The summed E-state index contributed by atoms with van der Waals surface area (Å²) in [6.45, 7) is -0.0827. The number of anilines is 1. The zero-order valence-corrected chi connectivity index (χ0v) is 23.8. The molecule has 5 aromatic rings. The Morgan fingerprint density at radius 1 is 0.977 bits per heavy atom. The molecule has 0 aliphatic carbocycles. The van der Waals surface area contributed by atoms with Gasteiger partial charge in [-0.3, -0.25) is 14.7 Å². The fourth-order valence-electron chi connectivity index (χ4n) is 4.75. The van der Waals surface area contributed by atoms with Gasteiger partial charge in [0.05, 0.1) is 37.8 Å². The Morgan fingerprint density at radius 3 is 2.35 bits per heavy atom. The average molecular weight is 591 g/mol. The van der Waals surface area contributed by atoms with E-state index in [1.54, 1.807) is 44.4 Å². The van der Waals surface area contributed by atoms with Gasteiger partial charge in [0.2, 0.25) is 0 Å². The van der Waals surface area contributed by atoms with Crippen molar-refractivity contribution in [2.75, 3.05) is 33.6 Å². The molecule has 0 radical (unpaired) electrons. The Morgan fingerprint density at radius 2 is 1.70 bits per heavy atom. The van der Waals surface area contributed by atoms with Crippen molar-refractivity contribution >= 4 is 22.8 Å². The first-order valence-corrected chi connectivity index (χ1v) is 13.1. The molecule has 1 amide bonds. The number of carbonyl (C=O) groups excluding carboxylic acids is 1. The van der Waals surface area contributed by atoms with Crippen molar-refractivity contribution in [3.05, 3.63) is 110 Å². The summed E-state index contributed by atoms with van der Waals surface area (Å²) in [7, 11) is 6.11. The highest BCUT2D eigenvalue weighted by Gasteiger charge is 2.26. The monoisotopic (exact) mass is 590 g/mol. The second-order valence-corrected chi connectivity index (χ2v) is 9.85. The van der Waals surface area contributed by atoms with Gasteiger partial charge in [0, 0.05) is 17.8 Å². The number of rotatable bonds is 8. The van der Waals surface area contributed by atoms with E-state index in [2.05, 4.69) is 15.2 Å². The molecule has 43 heavy (non-hydrogen) atoms. The van der Waals surface area contributed by atoms with E-state index in [0.29, 0.717) is 17.1 Å². The molecule has 0 aliphatic heterocycles. The van der Waals surface area contributed by atoms with Gasteiger partial charge in [-0.1, -0.05) is 24.3 Å². The third-order valence-electron chi connectivity index (χ3n) is 6.76.